The predicted octanol–water partition coefficient (Wildman–Crippen LogP) is 1.24. The van der Waals surface area contributed by atoms with E-state index >= 15 is 0 Å². The highest BCUT2D eigenvalue weighted by Crippen LogP contribution is 2.19. The number of nitrogens with one attached hydrogen (secondary N) is 2. The molecule has 0 radical (unpaired) electrons. The molecule has 0 amide bonds. The van der Waals surface area contributed by atoms with E-state index in [4.69, 9.17) is 0 Å². The number of nitrogens with zero attached hydrogens (tertiary/aromatic N) is 1. The molecule has 0 aliphatic carbocycles. The predicted molar refractivity (Wildman–Crippen MR) is 78.6 cm³/mol. The van der Waals surface area contributed by atoms with Crippen molar-refractivity contribution in [1.82, 2.24) is 4.98 Å². The summed E-state index contributed by atoms with van der Waals surface area (Å²) in [5.41, 5.74) is 0.701. The molecule has 0 fully saturated rings. The van der Waals surface area contributed by atoms with Gasteiger partial charge < -0.3 is 9.88 Å². The molecule has 0 aliphatic rings. The number of aromatic amines is 1. The SMILES string of the molecule is CN(C)c1cccc(NS(=O)(=O)c2c[nH]ccc2=O)c1. The second-order valence-corrected chi connectivity index (χ2v) is 6.07. The topological polar surface area (TPSA) is 82.3 Å². The Morgan fingerprint density at radius 1 is 1.20 bits per heavy atom. The third kappa shape index (κ3) is 3.00. The van der Waals surface area contributed by atoms with Crippen molar-refractivity contribution in [3.8, 4) is 0 Å². The smallest absolute Gasteiger partial charge is 0.267 e. The number of rotatable bonds is 4. The van der Waals surface area contributed by atoms with E-state index in [9.17, 15) is 13.2 Å². The summed E-state index contributed by atoms with van der Waals surface area (Å²) in [6.07, 6.45) is 2.55. The molecule has 0 saturated heterocycles. The van der Waals surface area contributed by atoms with Gasteiger partial charge in [-0.3, -0.25) is 9.52 Å². The van der Waals surface area contributed by atoms with Crippen LogP contribution in [-0.2, 0) is 10.0 Å². The fraction of sp³-hybridized carbons (Fsp3) is 0.154. The minimum absolute atomic E-state index is 0.310. The Kier molecular flexibility index (Phi) is 3.80. The number of hydrogen-bond donors (Lipinski definition) is 2. The van der Waals surface area contributed by atoms with Gasteiger partial charge in [-0.2, -0.15) is 0 Å². The lowest BCUT2D eigenvalue weighted by Gasteiger charge is -2.14. The molecule has 2 N–H and O–H groups in total. The van der Waals surface area contributed by atoms with Gasteiger partial charge in [-0.1, -0.05) is 6.07 Å². The molecule has 2 aromatic rings. The average Bonchev–Trinajstić information content (AvgIpc) is 2.38. The molecular formula is C13H15N3O3S. The maximum absolute atomic E-state index is 12.2. The van der Waals surface area contributed by atoms with Crippen LogP contribution >= 0.6 is 0 Å². The summed E-state index contributed by atoms with van der Waals surface area (Å²) in [4.78, 5) is 15.7. The van der Waals surface area contributed by atoms with E-state index in [1.807, 2.05) is 25.1 Å². The average molecular weight is 293 g/mol. The molecule has 20 heavy (non-hydrogen) atoms. The lowest BCUT2D eigenvalue weighted by atomic mass is 10.3. The van der Waals surface area contributed by atoms with E-state index < -0.39 is 15.5 Å². The number of anilines is 2. The Bertz CT molecular complexity index is 766. The molecule has 1 aromatic heterocycles. The standard InChI is InChI=1S/C13H15N3O3S/c1-16(2)11-5-3-4-10(8-11)15-20(18,19)13-9-14-7-6-12(13)17/h3-9,15H,1-2H3,(H,14,17). The Morgan fingerprint density at radius 3 is 2.60 bits per heavy atom. The highest BCUT2D eigenvalue weighted by atomic mass is 32.2. The second-order valence-electron chi connectivity index (χ2n) is 4.42. The van der Waals surface area contributed by atoms with Crippen molar-refractivity contribution in [2.45, 2.75) is 4.90 Å². The van der Waals surface area contributed by atoms with E-state index in [-0.39, 0.29) is 4.90 Å². The van der Waals surface area contributed by atoms with Gasteiger partial charge in [0.05, 0.1) is 5.69 Å². The van der Waals surface area contributed by atoms with Gasteiger partial charge in [0.25, 0.3) is 10.0 Å². The molecule has 106 valence electrons. The van der Waals surface area contributed by atoms with Crippen LogP contribution in [0.2, 0.25) is 0 Å². The van der Waals surface area contributed by atoms with E-state index in [1.54, 1.807) is 18.2 Å². The largest absolute Gasteiger partial charge is 0.378 e. The van der Waals surface area contributed by atoms with Crippen molar-refractivity contribution in [2.75, 3.05) is 23.7 Å². The van der Waals surface area contributed by atoms with Crippen molar-refractivity contribution in [1.29, 1.82) is 0 Å². The first kappa shape index (κ1) is 14.1. The maximum atomic E-state index is 12.2. The third-order valence-electron chi connectivity index (χ3n) is 2.69. The Hall–Kier alpha value is -2.28. The number of benzene rings is 1. The fourth-order valence-electron chi connectivity index (χ4n) is 1.67. The molecule has 0 saturated carbocycles. The molecule has 0 aliphatic heterocycles. The Balaban J connectivity index is 2.36. The summed E-state index contributed by atoms with van der Waals surface area (Å²) in [7, 11) is -0.185. The number of pyridine rings is 1. The van der Waals surface area contributed by atoms with Crippen molar-refractivity contribution in [3.05, 3.63) is 52.9 Å². The van der Waals surface area contributed by atoms with Gasteiger partial charge in [0.1, 0.15) is 0 Å². The zero-order chi connectivity index (χ0) is 14.8. The summed E-state index contributed by atoms with van der Waals surface area (Å²) in [6.45, 7) is 0. The van der Waals surface area contributed by atoms with Gasteiger partial charge in [0.15, 0.2) is 4.90 Å². The number of sulfonamides is 1. The first-order valence-electron chi connectivity index (χ1n) is 5.87. The molecule has 0 spiro atoms. The van der Waals surface area contributed by atoms with Crippen LogP contribution in [0.25, 0.3) is 0 Å². The van der Waals surface area contributed by atoms with Gasteiger partial charge in [-0.25, -0.2) is 8.42 Å². The third-order valence-corrected chi connectivity index (χ3v) is 4.09. The van der Waals surface area contributed by atoms with Gasteiger partial charge >= 0.3 is 0 Å². The highest BCUT2D eigenvalue weighted by molar-refractivity contribution is 7.92. The lowest BCUT2D eigenvalue weighted by Crippen LogP contribution is -2.21. The summed E-state index contributed by atoms with van der Waals surface area (Å²) in [6, 6.07) is 8.08. The zero-order valence-corrected chi connectivity index (χ0v) is 11.9. The fourth-order valence-corrected chi connectivity index (χ4v) is 2.77. The molecular weight excluding hydrogens is 278 g/mol. The Morgan fingerprint density at radius 2 is 1.95 bits per heavy atom. The summed E-state index contributed by atoms with van der Waals surface area (Å²) in [5, 5.41) is 0. The van der Waals surface area contributed by atoms with Crippen LogP contribution in [0.3, 0.4) is 0 Å². The van der Waals surface area contributed by atoms with E-state index in [0.717, 1.165) is 5.69 Å². The van der Waals surface area contributed by atoms with Crippen LogP contribution in [0.5, 0.6) is 0 Å². The number of aromatic nitrogens is 1. The Labute approximate surface area is 117 Å². The van der Waals surface area contributed by atoms with E-state index in [2.05, 4.69) is 9.71 Å². The highest BCUT2D eigenvalue weighted by Gasteiger charge is 2.17. The van der Waals surface area contributed by atoms with Crippen LogP contribution in [0.1, 0.15) is 0 Å². The van der Waals surface area contributed by atoms with E-state index in [0.29, 0.717) is 5.69 Å². The molecule has 7 heteroatoms. The zero-order valence-electron chi connectivity index (χ0n) is 11.1. The summed E-state index contributed by atoms with van der Waals surface area (Å²) < 4.78 is 26.7. The van der Waals surface area contributed by atoms with Crippen molar-refractivity contribution >= 4 is 21.4 Å². The maximum Gasteiger partial charge on any atom is 0.267 e. The van der Waals surface area contributed by atoms with Gasteiger partial charge in [-0.15, -0.1) is 0 Å². The van der Waals surface area contributed by atoms with E-state index in [1.165, 1.54) is 18.5 Å². The van der Waals surface area contributed by atoms with Gasteiger partial charge in [-0.05, 0) is 18.2 Å². The quantitative estimate of drug-likeness (QED) is 0.888. The number of H-pyrrole nitrogens is 1. The molecule has 1 heterocycles. The molecule has 0 unspecified atom stereocenters. The summed E-state index contributed by atoms with van der Waals surface area (Å²) >= 11 is 0. The van der Waals surface area contributed by atoms with Crippen LogP contribution < -0.4 is 15.1 Å². The molecule has 2 rings (SSSR count). The molecule has 0 atom stereocenters. The molecule has 6 nitrogen and oxygen atoms in total. The second kappa shape index (κ2) is 5.38. The van der Waals surface area contributed by atoms with Crippen LogP contribution in [-0.4, -0.2) is 27.5 Å². The first-order valence-corrected chi connectivity index (χ1v) is 7.36. The first-order chi connectivity index (χ1) is 9.40. The lowest BCUT2D eigenvalue weighted by molar-refractivity contribution is 0.600. The van der Waals surface area contributed by atoms with Crippen molar-refractivity contribution < 1.29 is 8.42 Å². The summed E-state index contributed by atoms with van der Waals surface area (Å²) in [5.74, 6) is 0. The van der Waals surface area contributed by atoms with Crippen molar-refractivity contribution in [2.24, 2.45) is 0 Å². The van der Waals surface area contributed by atoms with Gasteiger partial charge in [0, 0.05) is 38.2 Å². The van der Waals surface area contributed by atoms with Crippen molar-refractivity contribution in [3.63, 3.8) is 0 Å². The number of hydrogen-bond acceptors (Lipinski definition) is 4. The van der Waals surface area contributed by atoms with Crippen LogP contribution in [0.4, 0.5) is 11.4 Å². The molecule has 0 bridgehead atoms. The van der Waals surface area contributed by atoms with Crippen LogP contribution in [0.15, 0.2) is 52.4 Å². The normalized spacial score (nSPS) is 11.1. The van der Waals surface area contributed by atoms with Gasteiger partial charge in [0.2, 0.25) is 5.43 Å². The van der Waals surface area contributed by atoms with Crippen LogP contribution in [0, 0.1) is 0 Å². The molecule has 1 aromatic carbocycles. The minimum atomic E-state index is -3.90. The minimum Gasteiger partial charge on any atom is -0.378 e. The monoisotopic (exact) mass is 293 g/mol.